The molecule has 0 saturated heterocycles. The van der Waals surface area contributed by atoms with Gasteiger partial charge in [0.1, 0.15) is 0 Å². The molecule has 2 heterocycles. The minimum atomic E-state index is -4.68. The Hall–Kier alpha value is -3.25. The number of halogens is 6. The van der Waals surface area contributed by atoms with E-state index < -0.39 is 29.0 Å². The van der Waals surface area contributed by atoms with Crippen molar-refractivity contribution in [3.8, 4) is 16.5 Å². The highest BCUT2D eigenvalue weighted by atomic mass is 32.1. The Balaban J connectivity index is 1.73. The van der Waals surface area contributed by atoms with Gasteiger partial charge in [0.25, 0.3) is 0 Å². The molecule has 0 saturated carbocycles. The quantitative estimate of drug-likeness (QED) is 0.287. The molecular formula is C23H14F6N2S. The fourth-order valence-electron chi connectivity index (χ4n) is 3.70. The molecule has 2 aromatic carbocycles. The van der Waals surface area contributed by atoms with Crippen LogP contribution in [0.4, 0.5) is 26.3 Å². The molecule has 0 unspecified atom stereocenters. The van der Waals surface area contributed by atoms with Gasteiger partial charge in [-0.15, -0.1) is 11.3 Å². The van der Waals surface area contributed by atoms with Gasteiger partial charge in [0.2, 0.25) is 0 Å². The van der Waals surface area contributed by atoms with Gasteiger partial charge in [-0.05, 0) is 55.0 Å². The lowest BCUT2D eigenvalue weighted by Crippen LogP contribution is -2.09. The number of thiophene rings is 1. The van der Waals surface area contributed by atoms with E-state index in [1.54, 1.807) is 35.8 Å². The normalized spacial score (nSPS) is 12.3. The summed E-state index contributed by atoms with van der Waals surface area (Å²) in [6.45, 7) is 1.93. The number of alkyl halides is 6. The van der Waals surface area contributed by atoms with Crippen molar-refractivity contribution in [3.05, 3.63) is 81.9 Å². The molecule has 4 aromatic rings. The lowest BCUT2D eigenvalue weighted by atomic mass is 10.0. The van der Waals surface area contributed by atoms with E-state index in [1.165, 1.54) is 29.5 Å². The van der Waals surface area contributed by atoms with Gasteiger partial charge in [-0.25, -0.2) is 0 Å². The number of fused-ring (bicyclic) bond motifs is 1. The Kier molecular flexibility index (Phi) is 5.29. The second-order valence-electron chi connectivity index (χ2n) is 7.25. The van der Waals surface area contributed by atoms with Crippen LogP contribution in [0, 0.1) is 18.3 Å². The van der Waals surface area contributed by atoms with E-state index in [-0.39, 0.29) is 11.9 Å². The average Bonchev–Trinajstić information content (AvgIpc) is 3.31. The molecule has 0 bridgehead atoms. The number of nitriles is 1. The lowest BCUT2D eigenvalue weighted by Gasteiger charge is -2.12. The largest absolute Gasteiger partial charge is 0.418 e. The Bertz CT molecular complexity index is 1350. The van der Waals surface area contributed by atoms with E-state index in [2.05, 4.69) is 0 Å². The number of hydrogen-bond acceptors (Lipinski definition) is 2. The Morgan fingerprint density at radius 1 is 0.938 bits per heavy atom. The number of aromatic nitrogens is 1. The standard InChI is InChI=1S/C23H14F6N2S/c1-13-9-18-19(7-5-15(11-30)21(18)23(27,28)29)31(13)12-17-6-8-20(32-17)14-3-2-4-16(10-14)22(24,25)26/h2-10H,12H2,1H3. The second-order valence-corrected chi connectivity index (χ2v) is 8.42. The average molecular weight is 464 g/mol. The summed E-state index contributed by atoms with van der Waals surface area (Å²) < 4.78 is 81.5. The number of hydrogen-bond donors (Lipinski definition) is 0. The summed E-state index contributed by atoms with van der Waals surface area (Å²) in [7, 11) is 0. The summed E-state index contributed by atoms with van der Waals surface area (Å²) in [6, 6.07) is 14.1. The Morgan fingerprint density at radius 2 is 1.69 bits per heavy atom. The summed E-state index contributed by atoms with van der Waals surface area (Å²) in [5.41, 5.74) is -0.814. The van der Waals surface area contributed by atoms with E-state index in [9.17, 15) is 26.3 Å². The molecule has 164 valence electrons. The highest BCUT2D eigenvalue weighted by molar-refractivity contribution is 7.15. The first kappa shape index (κ1) is 22.0. The Morgan fingerprint density at radius 3 is 2.34 bits per heavy atom. The van der Waals surface area contributed by atoms with Crippen LogP contribution in [0.25, 0.3) is 21.3 Å². The predicted molar refractivity (Wildman–Crippen MR) is 110 cm³/mol. The molecule has 2 nitrogen and oxygen atoms in total. The number of benzene rings is 2. The van der Waals surface area contributed by atoms with Gasteiger partial charge in [0, 0.05) is 26.4 Å². The van der Waals surface area contributed by atoms with Gasteiger partial charge in [-0.2, -0.15) is 31.6 Å². The second kappa shape index (κ2) is 7.71. The maximum Gasteiger partial charge on any atom is 0.418 e. The van der Waals surface area contributed by atoms with Crippen molar-refractivity contribution < 1.29 is 26.3 Å². The third kappa shape index (κ3) is 3.98. The lowest BCUT2D eigenvalue weighted by molar-refractivity contribution is -0.138. The molecule has 2 aromatic heterocycles. The van der Waals surface area contributed by atoms with Crippen LogP contribution in [0.15, 0.2) is 54.6 Å². The van der Waals surface area contributed by atoms with E-state index in [1.807, 2.05) is 0 Å². The molecule has 4 rings (SSSR count). The summed E-state index contributed by atoms with van der Waals surface area (Å²) in [4.78, 5) is 1.40. The van der Waals surface area contributed by atoms with Crippen LogP contribution in [-0.4, -0.2) is 4.57 Å². The van der Waals surface area contributed by atoms with Crippen molar-refractivity contribution in [3.63, 3.8) is 0 Å². The fourth-order valence-corrected chi connectivity index (χ4v) is 4.69. The topological polar surface area (TPSA) is 28.7 Å². The van der Waals surface area contributed by atoms with E-state index in [4.69, 9.17) is 5.26 Å². The molecule has 32 heavy (non-hydrogen) atoms. The van der Waals surface area contributed by atoms with Crippen molar-refractivity contribution in [2.75, 3.05) is 0 Å². The van der Waals surface area contributed by atoms with Crippen molar-refractivity contribution >= 4 is 22.2 Å². The first-order valence-electron chi connectivity index (χ1n) is 9.35. The molecule has 0 aliphatic heterocycles. The monoisotopic (exact) mass is 464 g/mol. The number of aryl methyl sites for hydroxylation is 1. The third-order valence-electron chi connectivity index (χ3n) is 5.15. The summed E-state index contributed by atoms with van der Waals surface area (Å²) in [5.74, 6) is 0. The van der Waals surface area contributed by atoms with Crippen LogP contribution >= 0.6 is 11.3 Å². The number of nitrogens with zero attached hydrogens (tertiary/aromatic N) is 2. The van der Waals surface area contributed by atoms with Gasteiger partial charge >= 0.3 is 12.4 Å². The van der Waals surface area contributed by atoms with Gasteiger partial charge in [0.15, 0.2) is 0 Å². The van der Waals surface area contributed by atoms with Crippen LogP contribution < -0.4 is 0 Å². The molecule has 0 fully saturated rings. The molecule has 0 amide bonds. The molecular weight excluding hydrogens is 450 g/mol. The minimum Gasteiger partial charge on any atom is -0.340 e. The maximum atomic E-state index is 13.6. The number of rotatable bonds is 3. The van der Waals surface area contributed by atoms with E-state index >= 15 is 0 Å². The van der Waals surface area contributed by atoms with Gasteiger partial charge in [0.05, 0.1) is 29.3 Å². The molecule has 0 spiro atoms. The predicted octanol–water partition coefficient (Wildman–Crippen LogP) is 7.64. The van der Waals surface area contributed by atoms with Gasteiger partial charge in [-0.1, -0.05) is 12.1 Å². The molecule has 0 aliphatic rings. The molecule has 0 N–H and O–H groups in total. The zero-order valence-electron chi connectivity index (χ0n) is 16.5. The molecule has 0 aliphatic carbocycles. The summed E-state index contributed by atoms with van der Waals surface area (Å²) in [6.07, 6.45) is -9.13. The van der Waals surface area contributed by atoms with Gasteiger partial charge in [-0.3, -0.25) is 0 Å². The SMILES string of the molecule is Cc1cc2c(C(F)(F)F)c(C#N)ccc2n1Cc1ccc(-c2cccc(C(F)(F)F)c2)s1. The Labute approximate surface area is 182 Å². The van der Waals surface area contributed by atoms with Crippen LogP contribution in [-0.2, 0) is 18.9 Å². The third-order valence-corrected chi connectivity index (χ3v) is 6.27. The van der Waals surface area contributed by atoms with Crippen molar-refractivity contribution in [2.24, 2.45) is 0 Å². The van der Waals surface area contributed by atoms with Gasteiger partial charge < -0.3 is 4.57 Å². The zero-order chi connectivity index (χ0) is 23.3. The highest BCUT2D eigenvalue weighted by Crippen LogP contribution is 2.39. The van der Waals surface area contributed by atoms with Crippen molar-refractivity contribution in [1.29, 1.82) is 5.26 Å². The van der Waals surface area contributed by atoms with Crippen molar-refractivity contribution in [1.82, 2.24) is 4.57 Å². The molecule has 0 radical (unpaired) electrons. The van der Waals surface area contributed by atoms with Crippen molar-refractivity contribution in [2.45, 2.75) is 25.8 Å². The zero-order valence-corrected chi connectivity index (χ0v) is 17.3. The summed E-state index contributed by atoms with van der Waals surface area (Å²) in [5, 5.41) is 9.06. The fraction of sp³-hybridized carbons (Fsp3) is 0.174. The highest BCUT2D eigenvalue weighted by Gasteiger charge is 2.36. The first-order valence-corrected chi connectivity index (χ1v) is 10.2. The molecule has 9 heteroatoms. The summed E-state index contributed by atoms with van der Waals surface area (Å²) >= 11 is 1.28. The van der Waals surface area contributed by atoms with Crippen LogP contribution in [0.1, 0.15) is 27.3 Å². The van der Waals surface area contributed by atoms with E-state index in [0.29, 0.717) is 21.7 Å². The van der Waals surface area contributed by atoms with Crippen LogP contribution in [0.3, 0.4) is 0 Å². The van der Waals surface area contributed by atoms with Crippen LogP contribution in [0.5, 0.6) is 0 Å². The van der Waals surface area contributed by atoms with Crippen LogP contribution in [0.2, 0.25) is 0 Å². The van der Waals surface area contributed by atoms with E-state index in [0.717, 1.165) is 23.1 Å². The molecule has 0 atom stereocenters. The maximum absolute atomic E-state index is 13.6. The smallest absolute Gasteiger partial charge is 0.340 e. The minimum absolute atomic E-state index is 0.0521. The first-order chi connectivity index (χ1) is 15.0.